The van der Waals surface area contributed by atoms with Crippen molar-refractivity contribution in [1.82, 2.24) is 4.98 Å². The van der Waals surface area contributed by atoms with Gasteiger partial charge in [0.1, 0.15) is 0 Å². The van der Waals surface area contributed by atoms with E-state index in [1.807, 2.05) is 0 Å². The predicted molar refractivity (Wildman–Crippen MR) is 52.2 cm³/mol. The van der Waals surface area contributed by atoms with Crippen LogP contribution in [0.4, 0.5) is 0 Å². The number of carboxylic acid groups (broad SMARTS) is 2. The molecule has 15 heavy (non-hydrogen) atoms. The van der Waals surface area contributed by atoms with Crippen molar-refractivity contribution >= 4 is 11.9 Å². The van der Waals surface area contributed by atoms with Crippen LogP contribution in [0.25, 0.3) is 0 Å². The predicted octanol–water partition coefficient (Wildman–Crippen LogP) is 1.60. The zero-order valence-electron chi connectivity index (χ0n) is 8.39. The standard InChI is InChI=1S/C10H11NO4/c1-5(2)6-3-4-11-8(10(14)15)7(6)9(12)13/h3-5H,1-2H3,(H,12,13)(H,14,15). The second-order valence-corrected chi connectivity index (χ2v) is 3.39. The second-order valence-electron chi connectivity index (χ2n) is 3.39. The molecule has 1 rings (SSSR count). The molecule has 0 radical (unpaired) electrons. The van der Waals surface area contributed by atoms with Crippen molar-refractivity contribution in [3.05, 3.63) is 29.1 Å². The lowest BCUT2D eigenvalue weighted by Gasteiger charge is -2.10. The fourth-order valence-electron chi connectivity index (χ4n) is 1.34. The van der Waals surface area contributed by atoms with Gasteiger partial charge < -0.3 is 10.2 Å². The molecule has 0 unspecified atom stereocenters. The van der Waals surface area contributed by atoms with E-state index in [2.05, 4.69) is 4.98 Å². The van der Waals surface area contributed by atoms with Gasteiger partial charge in [0.2, 0.25) is 0 Å². The molecule has 80 valence electrons. The van der Waals surface area contributed by atoms with E-state index in [0.717, 1.165) is 0 Å². The van der Waals surface area contributed by atoms with Crippen molar-refractivity contribution in [2.45, 2.75) is 19.8 Å². The van der Waals surface area contributed by atoms with Gasteiger partial charge in [0.05, 0.1) is 5.56 Å². The van der Waals surface area contributed by atoms with E-state index >= 15 is 0 Å². The molecule has 0 aliphatic heterocycles. The maximum Gasteiger partial charge on any atom is 0.355 e. The zero-order valence-corrected chi connectivity index (χ0v) is 8.39. The molecule has 1 heterocycles. The normalized spacial score (nSPS) is 10.3. The molecule has 1 aromatic rings. The van der Waals surface area contributed by atoms with Gasteiger partial charge in [-0.3, -0.25) is 0 Å². The summed E-state index contributed by atoms with van der Waals surface area (Å²) in [4.78, 5) is 25.3. The Morgan fingerprint density at radius 3 is 2.27 bits per heavy atom. The van der Waals surface area contributed by atoms with Gasteiger partial charge >= 0.3 is 11.9 Å². The number of aromatic carboxylic acids is 2. The third-order valence-electron chi connectivity index (χ3n) is 2.02. The molecule has 0 aliphatic carbocycles. The highest BCUT2D eigenvalue weighted by atomic mass is 16.4. The van der Waals surface area contributed by atoms with E-state index in [9.17, 15) is 9.59 Å². The Morgan fingerprint density at radius 1 is 1.27 bits per heavy atom. The van der Waals surface area contributed by atoms with Crippen LogP contribution < -0.4 is 0 Å². The van der Waals surface area contributed by atoms with Crippen molar-refractivity contribution in [3.63, 3.8) is 0 Å². The number of carboxylic acids is 2. The third-order valence-corrected chi connectivity index (χ3v) is 2.02. The Kier molecular flexibility index (Phi) is 3.04. The average Bonchev–Trinajstić information content (AvgIpc) is 2.16. The zero-order chi connectivity index (χ0) is 11.6. The summed E-state index contributed by atoms with van der Waals surface area (Å²) in [5.74, 6) is -2.64. The summed E-state index contributed by atoms with van der Waals surface area (Å²) in [5.41, 5.74) is -0.149. The Labute approximate surface area is 86.4 Å². The van der Waals surface area contributed by atoms with Gasteiger partial charge in [-0.05, 0) is 17.5 Å². The number of rotatable bonds is 3. The Bertz CT molecular complexity index is 412. The quantitative estimate of drug-likeness (QED) is 0.789. The molecule has 1 aromatic heterocycles. The molecule has 5 nitrogen and oxygen atoms in total. The summed E-state index contributed by atoms with van der Waals surface area (Å²) in [7, 11) is 0. The fraction of sp³-hybridized carbons (Fsp3) is 0.300. The highest BCUT2D eigenvalue weighted by Gasteiger charge is 2.22. The Morgan fingerprint density at radius 2 is 1.87 bits per heavy atom. The van der Waals surface area contributed by atoms with E-state index < -0.39 is 17.6 Å². The lowest BCUT2D eigenvalue weighted by molar-refractivity contribution is 0.0645. The van der Waals surface area contributed by atoms with Crippen LogP contribution in [0.15, 0.2) is 12.3 Å². The molecule has 0 amide bonds. The van der Waals surface area contributed by atoms with Crippen molar-refractivity contribution in [2.75, 3.05) is 0 Å². The maximum absolute atomic E-state index is 10.9. The Balaban J connectivity index is 3.48. The second kappa shape index (κ2) is 4.08. The number of pyridine rings is 1. The summed E-state index contributed by atoms with van der Waals surface area (Å²) in [6.07, 6.45) is 1.31. The summed E-state index contributed by atoms with van der Waals surface area (Å²) < 4.78 is 0. The number of carbonyl (C=O) groups is 2. The first-order valence-corrected chi connectivity index (χ1v) is 4.40. The van der Waals surface area contributed by atoms with Gasteiger partial charge in [-0.15, -0.1) is 0 Å². The number of hydrogen-bond donors (Lipinski definition) is 2. The lowest BCUT2D eigenvalue weighted by Crippen LogP contribution is -2.14. The SMILES string of the molecule is CC(C)c1ccnc(C(=O)O)c1C(=O)O. The van der Waals surface area contributed by atoms with Gasteiger partial charge in [-0.1, -0.05) is 13.8 Å². The van der Waals surface area contributed by atoms with Crippen molar-refractivity contribution < 1.29 is 19.8 Å². The third kappa shape index (κ3) is 2.12. The molecular formula is C10H11NO4. The van der Waals surface area contributed by atoms with E-state index in [1.54, 1.807) is 13.8 Å². The van der Waals surface area contributed by atoms with Crippen LogP contribution in [0.1, 0.15) is 46.2 Å². The van der Waals surface area contributed by atoms with Crippen LogP contribution in [-0.4, -0.2) is 27.1 Å². The molecular weight excluding hydrogens is 198 g/mol. The number of hydrogen-bond acceptors (Lipinski definition) is 3. The minimum atomic E-state index is -1.32. The molecule has 0 aromatic carbocycles. The molecule has 0 saturated carbocycles. The first-order valence-electron chi connectivity index (χ1n) is 4.40. The topological polar surface area (TPSA) is 87.5 Å². The van der Waals surface area contributed by atoms with Crippen molar-refractivity contribution in [1.29, 1.82) is 0 Å². The molecule has 5 heteroatoms. The summed E-state index contributed by atoms with van der Waals surface area (Å²) >= 11 is 0. The largest absolute Gasteiger partial charge is 0.478 e. The molecule has 0 bridgehead atoms. The minimum Gasteiger partial charge on any atom is -0.478 e. The molecule has 2 N–H and O–H groups in total. The molecule has 0 saturated heterocycles. The Hall–Kier alpha value is -1.91. The van der Waals surface area contributed by atoms with Gasteiger partial charge in [0, 0.05) is 6.20 Å². The van der Waals surface area contributed by atoms with Crippen molar-refractivity contribution in [2.24, 2.45) is 0 Å². The van der Waals surface area contributed by atoms with Crippen LogP contribution in [0.3, 0.4) is 0 Å². The lowest BCUT2D eigenvalue weighted by atomic mass is 9.97. The summed E-state index contributed by atoms with van der Waals surface area (Å²) in [6.45, 7) is 3.60. The maximum atomic E-state index is 10.9. The summed E-state index contributed by atoms with van der Waals surface area (Å²) in [5, 5.41) is 17.7. The number of aromatic nitrogens is 1. The minimum absolute atomic E-state index is 0.0581. The molecule has 0 spiro atoms. The van der Waals surface area contributed by atoms with Gasteiger partial charge in [0.25, 0.3) is 0 Å². The van der Waals surface area contributed by atoms with E-state index in [4.69, 9.17) is 10.2 Å². The number of nitrogens with zero attached hydrogens (tertiary/aromatic N) is 1. The van der Waals surface area contributed by atoms with Crippen LogP contribution in [-0.2, 0) is 0 Å². The van der Waals surface area contributed by atoms with E-state index in [-0.39, 0.29) is 11.5 Å². The van der Waals surface area contributed by atoms with E-state index in [1.165, 1.54) is 12.3 Å². The average molecular weight is 209 g/mol. The van der Waals surface area contributed by atoms with Gasteiger partial charge in [0.15, 0.2) is 5.69 Å². The van der Waals surface area contributed by atoms with Crippen LogP contribution in [0.2, 0.25) is 0 Å². The van der Waals surface area contributed by atoms with Crippen LogP contribution >= 0.6 is 0 Å². The van der Waals surface area contributed by atoms with Gasteiger partial charge in [-0.25, -0.2) is 14.6 Å². The van der Waals surface area contributed by atoms with Crippen LogP contribution in [0, 0.1) is 0 Å². The van der Waals surface area contributed by atoms with Gasteiger partial charge in [-0.2, -0.15) is 0 Å². The van der Waals surface area contributed by atoms with Crippen LogP contribution in [0.5, 0.6) is 0 Å². The molecule has 0 aliphatic rings. The molecule has 0 fully saturated rings. The fourth-order valence-corrected chi connectivity index (χ4v) is 1.34. The molecule has 0 atom stereocenters. The highest BCUT2D eigenvalue weighted by molar-refractivity contribution is 6.01. The van der Waals surface area contributed by atoms with E-state index in [0.29, 0.717) is 5.56 Å². The summed E-state index contributed by atoms with van der Waals surface area (Å²) in [6, 6.07) is 1.53. The first-order chi connectivity index (χ1) is 6.95. The smallest absolute Gasteiger partial charge is 0.355 e. The van der Waals surface area contributed by atoms with Crippen molar-refractivity contribution in [3.8, 4) is 0 Å². The first kappa shape index (κ1) is 11.2. The monoisotopic (exact) mass is 209 g/mol. The highest BCUT2D eigenvalue weighted by Crippen LogP contribution is 2.21.